The van der Waals surface area contributed by atoms with Crippen LogP contribution < -0.4 is 4.90 Å². The molecule has 0 bridgehead atoms. The van der Waals surface area contributed by atoms with Crippen LogP contribution in [-0.4, -0.2) is 5.91 Å². The lowest BCUT2D eigenvalue weighted by atomic mass is 10.0. The fourth-order valence-corrected chi connectivity index (χ4v) is 2.81. The van der Waals surface area contributed by atoms with Gasteiger partial charge in [0.1, 0.15) is 11.6 Å². The molecule has 0 aliphatic rings. The zero-order chi connectivity index (χ0) is 18.8. The van der Waals surface area contributed by atoms with Gasteiger partial charge in [-0.05, 0) is 56.7 Å². The van der Waals surface area contributed by atoms with Crippen molar-refractivity contribution < 1.29 is 13.6 Å². The summed E-state index contributed by atoms with van der Waals surface area (Å²) < 4.78 is 27.9. The van der Waals surface area contributed by atoms with Crippen molar-refractivity contribution >= 4 is 17.3 Å². The summed E-state index contributed by atoms with van der Waals surface area (Å²) in [7, 11) is 0. The zero-order valence-corrected chi connectivity index (χ0v) is 14.9. The van der Waals surface area contributed by atoms with Gasteiger partial charge in [0.25, 0.3) is 5.91 Å². The lowest BCUT2D eigenvalue weighted by Crippen LogP contribution is -2.27. The highest BCUT2D eigenvalue weighted by molar-refractivity contribution is 6.11. The van der Waals surface area contributed by atoms with Crippen LogP contribution in [0.25, 0.3) is 0 Å². The van der Waals surface area contributed by atoms with Crippen LogP contribution in [0.2, 0.25) is 0 Å². The third kappa shape index (κ3) is 3.49. The van der Waals surface area contributed by atoms with E-state index in [9.17, 15) is 13.6 Å². The molecule has 0 heterocycles. The van der Waals surface area contributed by atoms with Gasteiger partial charge >= 0.3 is 0 Å². The number of nitrogens with zero attached hydrogens (tertiary/aromatic N) is 1. The van der Waals surface area contributed by atoms with Crippen LogP contribution in [-0.2, 0) is 0 Å². The van der Waals surface area contributed by atoms with Crippen LogP contribution in [0.3, 0.4) is 0 Å². The average molecular weight is 351 g/mol. The highest BCUT2D eigenvalue weighted by Gasteiger charge is 2.24. The summed E-state index contributed by atoms with van der Waals surface area (Å²) in [6.45, 7) is 5.66. The third-order valence-electron chi connectivity index (χ3n) is 4.27. The maximum absolute atomic E-state index is 14.5. The molecular weight excluding hydrogens is 332 g/mol. The molecule has 0 N–H and O–H groups in total. The highest BCUT2D eigenvalue weighted by Crippen LogP contribution is 2.31. The Kier molecular flexibility index (Phi) is 4.85. The Bertz CT molecular complexity index is 964. The molecule has 2 nitrogen and oxygen atoms in total. The van der Waals surface area contributed by atoms with E-state index in [4.69, 9.17) is 0 Å². The van der Waals surface area contributed by atoms with Crippen molar-refractivity contribution in [2.24, 2.45) is 0 Å². The molecule has 0 aliphatic carbocycles. The largest absolute Gasteiger partial charge is 0.274 e. The smallest absolute Gasteiger partial charge is 0.263 e. The number of hydrogen-bond donors (Lipinski definition) is 0. The van der Waals surface area contributed by atoms with Gasteiger partial charge in [0.15, 0.2) is 0 Å². The lowest BCUT2D eigenvalue weighted by molar-refractivity contribution is 0.0998. The summed E-state index contributed by atoms with van der Waals surface area (Å²) in [4.78, 5) is 14.6. The summed E-state index contributed by atoms with van der Waals surface area (Å²) >= 11 is 0. The van der Waals surface area contributed by atoms with E-state index in [1.54, 1.807) is 18.2 Å². The van der Waals surface area contributed by atoms with Crippen molar-refractivity contribution in [3.63, 3.8) is 0 Å². The number of halogens is 2. The molecular formula is C22H19F2NO. The Labute approximate surface area is 151 Å². The van der Waals surface area contributed by atoms with E-state index < -0.39 is 11.6 Å². The van der Waals surface area contributed by atoms with Crippen LogP contribution in [0.15, 0.2) is 60.7 Å². The van der Waals surface area contributed by atoms with Crippen molar-refractivity contribution in [1.29, 1.82) is 0 Å². The summed E-state index contributed by atoms with van der Waals surface area (Å²) in [5.41, 5.74) is 3.76. The van der Waals surface area contributed by atoms with Crippen LogP contribution in [0, 0.1) is 32.4 Å². The van der Waals surface area contributed by atoms with E-state index in [0.717, 1.165) is 28.8 Å². The first-order valence-electron chi connectivity index (χ1n) is 8.30. The first-order chi connectivity index (χ1) is 12.4. The number of benzene rings is 3. The van der Waals surface area contributed by atoms with Gasteiger partial charge in [-0.1, -0.05) is 35.4 Å². The minimum Gasteiger partial charge on any atom is -0.274 e. The zero-order valence-electron chi connectivity index (χ0n) is 14.9. The number of rotatable bonds is 3. The maximum Gasteiger partial charge on any atom is 0.263 e. The average Bonchev–Trinajstić information content (AvgIpc) is 2.60. The molecule has 0 saturated heterocycles. The number of carbonyl (C=O) groups is 1. The van der Waals surface area contributed by atoms with Gasteiger partial charge in [-0.25, -0.2) is 8.78 Å². The fourth-order valence-electron chi connectivity index (χ4n) is 2.81. The number of aryl methyl sites for hydroxylation is 3. The van der Waals surface area contributed by atoms with Gasteiger partial charge in [-0.3, -0.25) is 9.69 Å². The van der Waals surface area contributed by atoms with Crippen molar-refractivity contribution in [1.82, 2.24) is 0 Å². The number of carbonyl (C=O) groups excluding carboxylic acids is 1. The fraction of sp³-hybridized carbons (Fsp3) is 0.136. The van der Waals surface area contributed by atoms with Crippen LogP contribution >= 0.6 is 0 Å². The van der Waals surface area contributed by atoms with Crippen LogP contribution in [0.5, 0.6) is 0 Å². The Morgan fingerprint density at radius 3 is 2.12 bits per heavy atom. The predicted molar refractivity (Wildman–Crippen MR) is 99.9 cm³/mol. The molecule has 0 spiro atoms. The minimum absolute atomic E-state index is 0.0150. The lowest BCUT2D eigenvalue weighted by Gasteiger charge is -2.24. The summed E-state index contributed by atoms with van der Waals surface area (Å²) in [6, 6.07) is 16.0. The molecule has 0 fully saturated rings. The number of anilines is 2. The van der Waals surface area contributed by atoms with Crippen molar-refractivity contribution in [3.8, 4) is 0 Å². The van der Waals surface area contributed by atoms with Crippen molar-refractivity contribution in [3.05, 3.63) is 94.6 Å². The van der Waals surface area contributed by atoms with Gasteiger partial charge in [0.05, 0.1) is 5.69 Å². The SMILES string of the molecule is Cc1ccc(N(C(=O)c2cc(C)ccc2C)c2ccc(F)cc2F)cc1. The molecule has 3 aromatic rings. The highest BCUT2D eigenvalue weighted by atomic mass is 19.1. The van der Waals surface area contributed by atoms with Crippen LogP contribution in [0.4, 0.5) is 20.2 Å². The quantitative estimate of drug-likeness (QED) is 0.578. The van der Waals surface area contributed by atoms with E-state index in [-0.39, 0.29) is 11.6 Å². The number of amides is 1. The number of hydrogen-bond acceptors (Lipinski definition) is 1. The normalized spacial score (nSPS) is 10.7. The Morgan fingerprint density at radius 2 is 1.46 bits per heavy atom. The molecule has 132 valence electrons. The van der Waals surface area contributed by atoms with Crippen LogP contribution in [0.1, 0.15) is 27.0 Å². The van der Waals surface area contributed by atoms with E-state index in [1.807, 2.05) is 45.0 Å². The molecule has 0 saturated carbocycles. The molecule has 1 amide bonds. The molecule has 0 radical (unpaired) electrons. The predicted octanol–water partition coefficient (Wildman–Crippen LogP) is 5.87. The molecule has 0 atom stereocenters. The monoisotopic (exact) mass is 351 g/mol. The van der Waals surface area contributed by atoms with Crippen molar-refractivity contribution in [2.45, 2.75) is 20.8 Å². The minimum atomic E-state index is -0.788. The van der Waals surface area contributed by atoms with Crippen molar-refractivity contribution in [2.75, 3.05) is 4.90 Å². The summed E-state index contributed by atoms with van der Waals surface area (Å²) in [5.74, 6) is -1.83. The maximum atomic E-state index is 14.5. The molecule has 3 rings (SSSR count). The summed E-state index contributed by atoms with van der Waals surface area (Å²) in [5, 5.41) is 0. The van der Waals surface area contributed by atoms with E-state index in [1.165, 1.54) is 11.0 Å². The van der Waals surface area contributed by atoms with E-state index in [2.05, 4.69) is 0 Å². The molecule has 4 heteroatoms. The molecule has 3 aromatic carbocycles. The van der Waals surface area contributed by atoms with E-state index in [0.29, 0.717) is 11.3 Å². The summed E-state index contributed by atoms with van der Waals surface area (Å²) in [6.07, 6.45) is 0. The van der Waals surface area contributed by atoms with Gasteiger partial charge in [0.2, 0.25) is 0 Å². The Morgan fingerprint density at radius 1 is 0.808 bits per heavy atom. The van der Waals surface area contributed by atoms with Gasteiger partial charge in [-0.2, -0.15) is 0 Å². The van der Waals surface area contributed by atoms with Gasteiger partial charge in [-0.15, -0.1) is 0 Å². The van der Waals surface area contributed by atoms with Gasteiger partial charge < -0.3 is 0 Å². The second kappa shape index (κ2) is 7.08. The molecule has 26 heavy (non-hydrogen) atoms. The van der Waals surface area contributed by atoms with E-state index >= 15 is 0 Å². The molecule has 0 aromatic heterocycles. The Hall–Kier alpha value is -3.01. The molecule has 0 unspecified atom stereocenters. The second-order valence-electron chi connectivity index (χ2n) is 6.39. The Balaban J connectivity index is 2.18. The second-order valence-corrected chi connectivity index (χ2v) is 6.39. The topological polar surface area (TPSA) is 20.3 Å². The first kappa shape index (κ1) is 17.8. The van der Waals surface area contributed by atoms with Gasteiger partial charge in [0, 0.05) is 17.3 Å². The standard InChI is InChI=1S/C22H19F2NO/c1-14-5-9-18(10-6-14)25(21-11-8-17(23)13-20(21)24)22(26)19-12-15(2)4-7-16(19)3/h4-13H,1-3H3. The molecule has 0 aliphatic heterocycles. The first-order valence-corrected chi connectivity index (χ1v) is 8.30. The third-order valence-corrected chi connectivity index (χ3v) is 4.27.